The van der Waals surface area contributed by atoms with E-state index in [0.717, 1.165) is 21.7 Å². The first-order valence-electron chi connectivity index (χ1n) is 8.38. The molecule has 140 valence electrons. The van der Waals surface area contributed by atoms with E-state index in [1.165, 1.54) is 11.3 Å². The lowest BCUT2D eigenvalue weighted by molar-refractivity contribution is 0.0634. The number of anilines is 2. The maximum atomic E-state index is 12.0. The zero-order valence-electron chi connectivity index (χ0n) is 15.6. The Balaban J connectivity index is 1.93. The molecular weight excluding hydrogens is 362 g/mol. The van der Waals surface area contributed by atoms with Gasteiger partial charge in [-0.3, -0.25) is 5.32 Å². The molecule has 0 bridgehead atoms. The standard InChI is InChI=1S/C19H21N5O2S/c1-11-6-5-7-12(10-11)14-15(27-16(20)23-14)13-8-9-21-17(22-13)24-18(25)26-19(2,3)4/h5-10H,1-4H3,(H2,20,23)(H,21,22,24,25). The highest BCUT2D eigenvalue weighted by atomic mass is 32.1. The summed E-state index contributed by atoms with van der Waals surface area (Å²) in [5.74, 6) is 0.156. The second-order valence-corrected chi connectivity index (χ2v) is 8.02. The fourth-order valence-electron chi connectivity index (χ4n) is 2.44. The van der Waals surface area contributed by atoms with Crippen molar-refractivity contribution in [2.24, 2.45) is 0 Å². The Morgan fingerprint density at radius 3 is 2.70 bits per heavy atom. The fourth-order valence-corrected chi connectivity index (χ4v) is 3.26. The van der Waals surface area contributed by atoms with Gasteiger partial charge in [-0.15, -0.1) is 0 Å². The molecule has 7 nitrogen and oxygen atoms in total. The highest BCUT2D eigenvalue weighted by Crippen LogP contribution is 2.37. The van der Waals surface area contributed by atoms with Crippen LogP contribution in [0.2, 0.25) is 0 Å². The van der Waals surface area contributed by atoms with Crippen molar-refractivity contribution in [1.82, 2.24) is 15.0 Å². The molecule has 1 amide bonds. The number of aryl methyl sites for hydroxylation is 1. The van der Waals surface area contributed by atoms with E-state index in [2.05, 4.69) is 20.3 Å². The third-order valence-corrected chi connectivity index (χ3v) is 4.34. The summed E-state index contributed by atoms with van der Waals surface area (Å²) in [6.45, 7) is 7.39. The quantitative estimate of drug-likeness (QED) is 0.690. The number of nitrogen functional groups attached to an aromatic ring is 1. The van der Waals surface area contributed by atoms with Crippen LogP contribution in [0, 0.1) is 6.92 Å². The van der Waals surface area contributed by atoms with E-state index >= 15 is 0 Å². The molecule has 2 aromatic heterocycles. The minimum Gasteiger partial charge on any atom is -0.444 e. The van der Waals surface area contributed by atoms with Gasteiger partial charge in [0.15, 0.2) is 5.13 Å². The molecule has 0 radical (unpaired) electrons. The highest BCUT2D eigenvalue weighted by Gasteiger charge is 2.19. The number of hydrogen-bond acceptors (Lipinski definition) is 7. The van der Waals surface area contributed by atoms with Gasteiger partial charge >= 0.3 is 6.09 Å². The maximum Gasteiger partial charge on any atom is 0.414 e. The van der Waals surface area contributed by atoms with E-state index in [-0.39, 0.29) is 5.95 Å². The minimum absolute atomic E-state index is 0.156. The first-order valence-corrected chi connectivity index (χ1v) is 9.20. The predicted octanol–water partition coefficient (Wildman–Crippen LogP) is 4.50. The first-order chi connectivity index (χ1) is 12.7. The number of benzene rings is 1. The van der Waals surface area contributed by atoms with E-state index in [1.807, 2.05) is 31.2 Å². The zero-order valence-corrected chi connectivity index (χ0v) is 16.4. The van der Waals surface area contributed by atoms with Crippen molar-refractivity contribution >= 4 is 28.5 Å². The van der Waals surface area contributed by atoms with Crippen LogP contribution in [-0.2, 0) is 4.74 Å². The van der Waals surface area contributed by atoms with Crippen molar-refractivity contribution < 1.29 is 9.53 Å². The van der Waals surface area contributed by atoms with E-state index < -0.39 is 11.7 Å². The lowest BCUT2D eigenvalue weighted by atomic mass is 10.1. The van der Waals surface area contributed by atoms with Crippen LogP contribution < -0.4 is 11.1 Å². The Kier molecular flexibility index (Phi) is 5.09. The van der Waals surface area contributed by atoms with Crippen molar-refractivity contribution in [3.8, 4) is 21.8 Å². The van der Waals surface area contributed by atoms with Gasteiger partial charge in [-0.05, 0) is 39.8 Å². The molecule has 0 aliphatic heterocycles. The third-order valence-electron chi connectivity index (χ3n) is 3.44. The second-order valence-electron chi connectivity index (χ2n) is 6.99. The van der Waals surface area contributed by atoms with Crippen LogP contribution in [0.3, 0.4) is 0 Å². The summed E-state index contributed by atoms with van der Waals surface area (Å²) >= 11 is 1.34. The van der Waals surface area contributed by atoms with Gasteiger partial charge in [-0.1, -0.05) is 35.1 Å². The van der Waals surface area contributed by atoms with E-state index in [9.17, 15) is 4.79 Å². The number of carbonyl (C=O) groups excluding carboxylic acids is 1. The number of aromatic nitrogens is 3. The number of rotatable bonds is 3. The van der Waals surface area contributed by atoms with Crippen LogP contribution in [0.15, 0.2) is 36.5 Å². The van der Waals surface area contributed by atoms with Gasteiger partial charge in [0.1, 0.15) is 5.60 Å². The van der Waals surface area contributed by atoms with Crippen molar-refractivity contribution in [2.45, 2.75) is 33.3 Å². The van der Waals surface area contributed by atoms with Gasteiger partial charge in [-0.25, -0.2) is 19.7 Å². The van der Waals surface area contributed by atoms with Crippen LogP contribution in [0.4, 0.5) is 15.9 Å². The maximum absolute atomic E-state index is 12.0. The summed E-state index contributed by atoms with van der Waals surface area (Å²) in [6, 6.07) is 9.77. The number of hydrogen-bond donors (Lipinski definition) is 2. The third kappa shape index (κ3) is 4.79. The van der Waals surface area contributed by atoms with Gasteiger partial charge in [0.05, 0.1) is 16.3 Å². The number of ether oxygens (including phenoxy) is 1. The second kappa shape index (κ2) is 7.32. The molecule has 0 atom stereocenters. The van der Waals surface area contributed by atoms with Crippen molar-refractivity contribution in [3.63, 3.8) is 0 Å². The molecule has 3 aromatic rings. The summed E-state index contributed by atoms with van der Waals surface area (Å²) in [5, 5.41) is 3.00. The van der Waals surface area contributed by atoms with Crippen LogP contribution in [0.25, 0.3) is 21.8 Å². The van der Waals surface area contributed by atoms with Gasteiger partial charge in [0.2, 0.25) is 5.95 Å². The number of amides is 1. The number of nitrogens with two attached hydrogens (primary N) is 1. The summed E-state index contributed by atoms with van der Waals surface area (Å²) in [5.41, 5.74) is 8.81. The molecule has 0 spiro atoms. The van der Waals surface area contributed by atoms with Gasteiger partial charge < -0.3 is 10.5 Å². The molecule has 0 aliphatic carbocycles. The van der Waals surface area contributed by atoms with Crippen LogP contribution in [0.5, 0.6) is 0 Å². The highest BCUT2D eigenvalue weighted by molar-refractivity contribution is 7.19. The smallest absolute Gasteiger partial charge is 0.414 e. The average Bonchev–Trinajstić information content (AvgIpc) is 2.95. The van der Waals surface area contributed by atoms with Crippen LogP contribution >= 0.6 is 11.3 Å². The van der Waals surface area contributed by atoms with Gasteiger partial charge in [-0.2, -0.15) is 0 Å². The molecule has 3 rings (SSSR count). The molecule has 0 fully saturated rings. The SMILES string of the molecule is Cc1cccc(-c2nc(N)sc2-c2ccnc(NC(=O)OC(C)(C)C)n2)c1. The van der Waals surface area contributed by atoms with Crippen molar-refractivity contribution in [1.29, 1.82) is 0 Å². The normalized spacial score (nSPS) is 11.3. The number of nitrogens with zero attached hydrogens (tertiary/aromatic N) is 3. The number of nitrogens with one attached hydrogen (secondary N) is 1. The molecule has 2 heterocycles. The van der Waals surface area contributed by atoms with Gasteiger partial charge in [0, 0.05) is 11.8 Å². The van der Waals surface area contributed by atoms with E-state index in [1.54, 1.807) is 33.0 Å². The van der Waals surface area contributed by atoms with E-state index in [4.69, 9.17) is 10.5 Å². The Labute approximate surface area is 161 Å². The molecule has 3 N–H and O–H groups in total. The minimum atomic E-state index is -0.609. The van der Waals surface area contributed by atoms with Crippen LogP contribution in [0.1, 0.15) is 26.3 Å². The summed E-state index contributed by atoms with van der Waals surface area (Å²) in [6.07, 6.45) is 0.965. The Hall–Kier alpha value is -3.00. The molecule has 0 saturated carbocycles. The van der Waals surface area contributed by atoms with Crippen LogP contribution in [-0.4, -0.2) is 26.6 Å². The van der Waals surface area contributed by atoms with E-state index in [0.29, 0.717) is 10.8 Å². The topological polar surface area (TPSA) is 103 Å². The van der Waals surface area contributed by atoms with Gasteiger partial charge in [0.25, 0.3) is 0 Å². The molecule has 0 saturated heterocycles. The number of thiazole rings is 1. The molecule has 1 aromatic carbocycles. The predicted molar refractivity (Wildman–Crippen MR) is 108 cm³/mol. The summed E-state index contributed by atoms with van der Waals surface area (Å²) in [4.78, 5) is 25.8. The summed E-state index contributed by atoms with van der Waals surface area (Å²) < 4.78 is 5.24. The lowest BCUT2D eigenvalue weighted by Crippen LogP contribution is -2.27. The molecule has 27 heavy (non-hydrogen) atoms. The van der Waals surface area contributed by atoms with Crippen molar-refractivity contribution in [2.75, 3.05) is 11.1 Å². The fraction of sp³-hybridized carbons (Fsp3) is 0.263. The Bertz CT molecular complexity index is 978. The van der Waals surface area contributed by atoms with Crippen molar-refractivity contribution in [3.05, 3.63) is 42.1 Å². The molecular formula is C19H21N5O2S. The molecule has 0 aliphatic rings. The average molecular weight is 383 g/mol. The zero-order chi connectivity index (χ0) is 19.6. The monoisotopic (exact) mass is 383 g/mol. The Morgan fingerprint density at radius 1 is 1.22 bits per heavy atom. The lowest BCUT2D eigenvalue weighted by Gasteiger charge is -2.19. The number of carbonyl (C=O) groups is 1. The Morgan fingerprint density at radius 2 is 2.00 bits per heavy atom. The molecule has 0 unspecified atom stereocenters. The largest absolute Gasteiger partial charge is 0.444 e. The molecule has 8 heteroatoms. The summed E-state index contributed by atoms with van der Waals surface area (Å²) in [7, 11) is 0. The first kappa shape index (κ1) is 18.8.